The number of nitriles is 2. The highest BCUT2D eigenvalue weighted by Crippen LogP contribution is 2.16. The van der Waals surface area contributed by atoms with Gasteiger partial charge in [-0.1, -0.05) is 6.92 Å². The maximum Gasteiger partial charge on any atom is 0.278 e. The van der Waals surface area contributed by atoms with Gasteiger partial charge < -0.3 is 10.6 Å². The highest BCUT2D eigenvalue weighted by atomic mass is 16.2. The number of hydrogen-bond acceptors (Lipinski definition) is 5. The molecule has 1 aromatic rings. The molecule has 0 atom stereocenters. The lowest BCUT2D eigenvalue weighted by Crippen LogP contribution is -2.32. The van der Waals surface area contributed by atoms with E-state index in [2.05, 4.69) is 10.2 Å². The number of carbonyl (C=O) groups is 1. The summed E-state index contributed by atoms with van der Waals surface area (Å²) >= 11 is 0. The summed E-state index contributed by atoms with van der Waals surface area (Å²) in [4.78, 5) is 13.0. The van der Waals surface area contributed by atoms with Crippen LogP contribution in [0.25, 0.3) is 0 Å². The molecular weight excluding hydrogens is 220 g/mol. The fourth-order valence-electron chi connectivity index (χ4n) is 1.34. The zero-order valence-corrected chi connectivity index (χ0v) is 9.40. The number of carbonyl (C=O) groups excluding carboxylic acids is 1. The van der Waals surface area contributed by atoms with Crippen LogP contribution in [0.1, 0.15) is 23.1 Å². The zero-order chi connectivity index (χ0) is 12.8. The molecule has 17 heavy (non-hydrogen) atoms. The van der Waals surface area contributed by atoms with Gasteiger partial charge in [0.2, 0.25) is 0 Å². The van der Waals surface area contributed by atoms with Crippen molar-refractivity contribution in [3.63, 3.8) is 0 Å². The summed E-state index contributed by atoms with van der Waals surface area (Å²) in [6, 6.07) is 3.64. The van der Waals surface area contributed by atoms with E-state index in [4.69, 9.17) is 16.3 Å². The van der Waals surface area contributed by atoms with Gasteiger partial charge in [0.25, 0.3) is 5.91 Å². The Morgan fingerprint density at radius 3 is 2.47 bits per heavy atom. The maximum absolute atomic E-state index is 11.9. The van der Waals surface area contributed by atoms with E-state index in [1.54, 1.807) is 0 Å². The number of amides is 1. The minimum atomic E-state index is -0.512. The van der Waals surface area contributed by atoms with E-state index in [1.165, 1.54) is 0 Å². The van der Waals surface area contributed by atoms with Crippen molar-refractivity contribution in [2.75, 3.05) is 18.8 Å². The molecule has 1 rings (SSSR count). The Morgan fingerprint density at radius 1 is 1.47 bits per heavy atom. The average molecular weight is 232 g/mol. The van der Waals surface area contributed by atoms with Crippen LogP contribution in [-0.2, 0) is 6.42 Å². The number of nitrogen functional groups attached to an aromatic ring is 1. The minimum absolute atomic E-state index is 0.0624. The molecule has 0 spiro atoms. The number of nitrogens with zero attached hydrogens (tertiary/aromatic N) is 4. The molecule has 88 valence electrons. The summed E-state index contributed by atoms with van der Waals surface area (Å²) in [5.41, 5.74) is 6.75. The Hall–Kier alpha value is -2.54. The first-order chi connectivity index (χ1) is 8.15. The van der Waals surface area contributed by atoms with E-state index in [0.717, 1.165) is 4.90 Å². The number of anilines is 1. The van der Waals surface area contributed by atoms with Crippen LogP contribution >= 0.6 is 0 Å². The van der Waals surface area contributed by atoms with Gasteiger partial charge in [-0.05, 0) is 6.42 Å². The molecule has 0 radical (unpaired) electrons. The van der Waals surface area contributed by atoms with Crippen LogP contribution < -0.4 is 5.73 Å². The number of rotatable bonds is 4. The zero-order valence-electron chi connectivity index (χ0n) is 9.40. The Kier molecular flexibility index (Phi) is 4.07. The largest absolute Gasteiger partial charge is 0.395 e. The SMILES string of the molecule is CCc1[nH]nc(C(=O)N(CC#N)CC#N)c1N. The number of nitrogens with two attached hydrogens (primary N) is 1. The van der Waals surface area contributed by atoms with Gasteiger partial charge in [-0.15, -0.1) is 0 Å². The number of aryl methyl sites for hydroxylation is 1. The third-order valence-electron chi connectivity index (χ3n) is 2.25. The molecule has 0 fully saturated rings. The molecule has 0 unspecified atom stereocenters. The standard InChI is InChI=1S/C10H12N6O/c1-2-7-8(13)9(15-14-7)10(17)16(5-3-11)6-4-12/h2,5-6,13H2,1H3,(H,14,15). The van der Waals surface area contributed by atoms with Gasteiger partial charge in [-0.3, -0.25) is 9.89 Å². The van der Waals surface area contributed by atoms with Crippen LogP contribution in [0.15, 0.2) is 0 Å². The monoisotopic (exact) mass is 232 g/mol. The van der Waals surface area contributed by atoms with Gasteiger partial charge in [0.05, 0.1) is 23.5 Å². The van der Waals surface area contributed by atoms with E-state index in [1.807, 2.05) is 19.1 Å². The predicted octanol–water partition coefficient (Wildman–Crippen LogP) is 0.0437. The summed E-state index contributed by atoms with van der Waals surface area (Å²) in [6.45, 7) is 1.54. The van der Waals surface area contributed by atoms with Crippen LogP contribution in [-0.4, -0.2) is 34.1 Å². The van der Waals surface area contributed by atoms with Gasteiger partial charge >= 0.3 is 0 Å². The Balaban J connectivity index is 2.98. The van der Waals surface area contributed by atoms with Gasteiger partial charge in [0.1, 0.15) is 13.1 Å². The first kappa shape index (κ1) is 12.5. The third-order valence-corrected chi connectivity index (χ3v) is 2.25. The van der Waals surface area contributed by atoms with E-state index in [-0.39, 0.29) is 24.5 Å². The van der Waals surface area contributed by atoms with Crippen LogP contribution in [0, 0.1) is 22.7 Å². The average Bonchev–Trinajstić information content (AvgIpc) is 2.69. The van der Waals surface area contributed by atoms with E-state index < -0.39 is 5.91 Å². The fraction of sp³-hybridized carbons (Fsp3) is 0.400. The fourth-order valence-corrected chi connectivity index (χ4v) is 1.34. The Labute approximate surface area is 98.4 Å². The highest BCUT2D eigenvalue weighted by molar-refractivity contribution is 5.97. The van der Waals surface area contributed by atoms with Crippen molar-refractivity contribution in [1.82, 2.24) is 15.1 Å². The number of nitrogens with one attached hydrogen (secondary N) is 1. The number of aromatic amines is 1. The van der Waals surface area contributed by atoms with Gasteiger partial charge in [-0.2, -0.15) is 15.6 Å². The summed E-state index contributed by atoms with van der Waals surface area (Å²) in [5.74, 6) is -0.512. The highest BCUT2D eigenvalue weighted by Gasteiger charge is 2.22. The minimum Gasteiger partial charge on any atom is -0.395 e. The van der Waals surface area contributed by atoms with Crippen LogP contribution in [0.5, 0.6) is 0 Å². The molecule has 1 aromatic heterocycles. The van der Waals surface area contributed by atoms with Crippen LogP contribution in [0.4, 0.5) is 5.69 Å². The molecule has 3 N–H and O–H groups in total. The number of hydrogen-bond donors (Lipinski definition) is 2. The van der Waals surface area contributed by atoms with E-state index in [0.29, 0.717) is 12.1 Å². The normalized spacial score (nSPS) is 9.35. The van der Waals surface area contributed by atoms with Crippen molar-refractivity contribution in [2.45, 2.75) is 13.3 Å². The molecular formula is C10H12N6O. The van der Waals surface area contributed by atoms with E-state index in [9.17, 15) is 4.79 Å². The van der Waals surface area contributed by atoms with E-state index >= 15 is 0 Å². The lowest BCUT2D eigenvalue weighted by Gasteiger charge is -2.14. The summed E-state index contributed by atoms with van der Waals surface area (Å²) in [7, 11) is 0. The number of H-pyrrole nitrogens is 1. The van der Waals surface area contributed by atoms with Crippen molar-refractivity contribution < 1.29 is 4.79 Å². The van der Waals surface area contributed by atoms with Crippen LogP contribution in [0.3, 0.4) is 0 Å². The summed E-state index contributed by atoms with van der Waals surface area (Å²) < 4.78 is 0. The van der Waals surface area contributed by atoms with Crippen LogP contribution in [0.2, 0.25) is 0 Å². The Morgan fingerprint density at radius 2 is 2.06 bits per heavy atom. The molecule has 0 saturated heterocycles. The molecule has 0 bridgehead atoms. The first-order valence-electron chi connectivity index (χ1n) is 5.01. The number of aromatic nitrogens is 2. The van der Waals surface area contributed by atoms with Gasteiger partial charge in [-0.25, -0.2) is 0 Å². The van der Waals surface area contributed by atoms with Crippen molar-refractivity contribution in [2.24, 2.45) is 0 Å². The molecule has 0 aromatic carbocycles. The molecule has 1 amide bonds. The quantitative estimate of drug-likeness (QED) is 0.709. The lowest BCUT2D eigenvalue weighted by molar-refractivity contribution is 0.0790. The molecule has 0 saturated carbocycles. The topological polar surface area (TPSA) is 123 Å². The smallest absolute Gasteiger partial charge is 0.278 e. The predicted molar refractivity (Wildman–Crippen MR) is 59.5 cm³/mol. The third kappa shape index (κ3) is 2.52. The lowest BCUT2D eigenvalue weighted by atomic mass is 10.2. The second-order valence-electron chi connectivity index (χ2n) is 3.30. The molecule has 7 nitrogen and oxygen atoms in total. The Bertz CT molecular complexity index is 476. The second-order valence-corrected chi connectivity index (χ2v) is 3.30. The second kappa shape index (κ2) is 5.52. The first-order valence-corrected chi connectivity index (χ1v) is 5.01. The molecule has 0 aliphatic rings. The van der Waals surface area contributed by atoms with Gasteiger partial charge in [0, 0.05) is 0 Å². The van der Waals surface area contributed by atoms with Crippen molar-refractivity contribution in [3.05, 3.63) is 11.4 Å². The maximum atomic E-state index is 11.9. The summed E-state index contributed by atoms with van der Waals surface area (Å²) in [5, 5.41) is 23.6. The molecule has 0 aliphatic carbocycles. The van der Waals surface area contributed by atoms with Crippen molar-refractivity contribution in [1.29, 1.82) is 10.5 Å². The van der Waals surface area contributed by atoms with Gasteiger partial charge in [0.15, 0.2) is 5.69 Å². The summed E-state index contributed by atoms with van der Waals surface area (Å²) in [6.07, 6.45) is 0.628. The molecule has 1 heterocycles. The van der Waals surface area contributed by atoms with Crippen molar-refractivity contribution >= 4 is 11.6 Å². The molecule has 7 heteroatoms. The molecule has 0 aliphatic heterocycles. The van der Waals surface area contributed by atoms with Crippen molar-refractivity contribution in [3.8, 4) is 12.1 Å².